The summed E-state index contributed by atoms with van der Waals surface area (Å²) in [7, 11) is 0. The van der Waals surface area contributed by atoms with Crippen molar-refractivity contribution in [3.05, 3.63) is 33.6 Å². The zero-order valence-corrected chi connectivity index (χ0v) is 19.2. The molecule has 6 rings (SSSR count). The average Bonchev–Trinajstić information content (AvgIpc) is 3.02. The van der Waals surface area contributed by atoms with Gasteiger partial charge in [-0.2, -0.15) is 0 Å². The van der Waals surface area contributed by atoms with Crippen LogP contribution in [0.2, 0.25) is 10.0 Å². The summed E-state index contributed by atoms with van der Waals surface area (Å²) in [4.78, 5) is 17.4. The van der Waals surface area contributed by atoms with Gasteiger partial charge in [0.2, 0.25) is 5.91 Å². The molecule has 0 radical (unpaired) electrons. The summed E-state index contributed by atoms with van der Waals surface area (Å²) in [5, 5.41) is 6.65. The third kappa shape index (κ3) is 3.64. The average molecular weight is 500 g/mol. The highest BCUT2D eigenvalue weighted by molar-refractivity contribution is 9.10. The Kier molecular flexibility index (Phi) is 4.82. The number of alkyl halides is 1. The number of carbonyl (C=O) groups is 1. The second-order valence-corrected chi connectivity index (χ2v) is 12.4. The van der Waals surface area contributed by atoms with Gasteiger partial charge in [0.15, 0.2) is 5.13 Å². The molecule has 4 fully saturated rings. The number of halogens is 3. The molecule has 0 aliphatic heterocycles. The summed E-state index contributed by atoms with van der Waals surface area (Å²) in [6.45, 7) is 0. The number of nitrogens with zero attached hydrogens (tertiary/aromatic N) is 1. The first kappa shape index (κ1) is 19.3. The molecular formula is C21H21BrCl2N2OS. The molecule has 4 aliphatic rings. The molecule has 3 nitrogen and oxygen atoms in total. The number of carbonyl (C=O) groups excluding carboxylic acids is 1. The summed E-state index contributed by atoms with van der Waals surface area (Å²) in [5.41, 5.74) is 1.86. The van der Waals surface area contributed by atoms with Crippen LogP contribution < -0.4 is 5.32 Å². The Morgan fingerprint density at radius 1 is 1.21 bits per heavy atom. The van der Waals surface area contributed by atoms with E-state index >= 15 is 0 Å². The molecule has 1 amide bonds. The molecule has 2 atom stereocenters. The molecule has 1 aromatic heterocycles. The maximum absolute atomic E-state index is 12.8. The predicted molar refractivity (Wildman–Crippen MR) is 120 cm³/mol. The lowest BCUT2D eigenvalue weighted by Crippen LogP contribution is -2.53. The van der Waals surface area contributed by atoms with Crippen molar-refractivity contribution >= 4 is 61.5 Å². The van der Waals surface area contributed by atoms with Gasteiger partial charge in [-0.15, -0.1) is 11.3 Å². The first-order chi connectivity index (χ1) is 13.3. The van der Waals surface area contributed by atoms with Gasteiger partial charge in [-0.25, -0.2) is 4.98 Å². The number of nitrogens with one attached hydrogen (secondary N) is 1. The highest BCUT2D eigenvalue weighted by atomic mass is 79.9. The highest BCUT2D eigenvalue weighted by Gasteiger charge is 2.57. The fourth-order valence-corrected chi connectivity index (χ4v) is 8.71. The van der Waals surface area contributed by atoms with E-state index in [4.69, 9.17) is 23.2 Å². The maximum Gasteiger partial charge on any atom is 0.226 e. The van der Waals surface area contributed by atoms with Crippen LogP contribution in [0.25, 0.3) is 11.3 Å². The van der Waals surface area contributed by atoms with Gasteiger partial charge in [0.1, 0.15) is 0 Å². The number of hydrogen-bond donors (Lipinski definition) is 1. The third-order valence-electron chi connectivity index (χ3n) is 6.61. The second kappa shape index (κ2) is 6.97. The van der Waals surface area contributed by atoms with Crippen molar-refractivity contribution in [1.29, 1.82) is 0 Å². The summed E-state index contributed by atoms with van der Waals surface area (Å²) in [5.74, 6) is 1.66. The Labute approximate surface area is 187 Å². The van der Waals surface area contributed by atoms with Gasteiger partial charge in [-0.05, 0) is 67.9 Å². The van der Waals surface area contributed by atoms with E-state index in [1.54, 1.807) is 12.1 Å². The van der Waals surface area contributed by atoms with E-state index < -0.39 is 0 Å². The zero-order chi connectivity index (χ0) is 19.5. The molecule has 28 heavy (non-hydrogen) atoms. The molecule has 4 aliphatic carbocycles. The molecular weight excluding hydrogens is 479 g/mol. The highest BCUT2D eigenvalue weighted by Crippen LogP contribution is 2.65. The summed E-state index contributed by atoms with van der Waals surface area (Å²) in [6.07, 6.45) is 8.07. The largest absolute Gasteiger partial charge is 0.302 e. The Morgan fingerprint density at radius 3 is 2.64 bits per heavy atom. The summed E-state index contributed by atoms with van der Waals surface area (Å²) in [6, 6.07) is 5.45. The van der Waals surface area contributed by atoms with Gasteiger partial charge in [0.25, 0.3) is 0 Å². The van der Waals surface area contributed by atoms with Gasteiger partial charge in [0, 0.05) is 21.7 Å². The Balaban J connectivity index is 1.28. The Bertz CT molecular complexity index is 932. The van der Waals surface area contributed by atoms with Gasteiger partial charge >= 0.3 is 0 Å². The molecule has 148 valence electrons. The minimum absolute atomic E-state index is 0.0908. The third-order valence-corrected chi connectivity index (χ3v) is 9.04. The first-order valence-electron chi connectivity index (χ1n) is 9.71. The zero-order valence-electron chi connectivity index (χ0n) is 15.3. The lowest BCUT2D eigenvalue weighted by atomic mass is 9.48. The van der Waals surface area contributed by atoms with Gasteiger partial charge in [-0.3, -0.25) is 4.79 Å². The molecule has 4 saturated carbocycles. The molecule has 0 spiro atoms. The van der Waals surface area contributed by atoms with Crippen molar-refractivity contribution in [2.75, 3.05) is 5.32 Å². The number of anilines is 1. The maximum atomic E-state index is 12.8. The number of aromatic nitrogens is 1. The van der Waals surface area contributed by atoms with Crippen LogP contribution in [0.5, 0.6) is 0 Å². The van der Waals surface area contributed by atoms with Crippen molar-refractivity contribution in [1.82, 2.24) is 4.98 Å². The van der Waals surface area contributed by atoms with Crippen LogP contribution in [-0.2, 0) is 4.79 Å². The van der Waals surface area contributed by atoms with Crippen LogP contribution in [0.15, 0.2) is 23.6 Å². The number of thiazole rings is 1. The first-order valence-corrected chi connectivity index (χ1v) is 12.1. The lowest BCUT2D eigenvalue weighted by molar-refractivity contribution is -0.123. The van der Waals surface area contributed by atoms with E-state index in [9.17, 15) is 4.79 Å². The van der Waals surface area contributed by atoms with E-state index in [1.807, 2.05) is 11.4 Å². The molecule has 7 heteroatoms. The van der Waals surface area contributed by atoms with E-state index in [-0.39, 0.29) is 15.6 Å². The molecule has 0 saturated heterocycles. The van der Waals surface area contributed by atoms with E-state index in [2.05, 4.69) is 26.2 Å². The normalized spacial score (nSPS) is 33.2. The minimum atomic E-state index is 0.0908. The van der Waals surface area contributed by atoms with Gasteiger partial charge in [0.05, 0.1) is 15.7 Å². The van der Waals surface area contributed by atoms with Gasteiger partial charge in [-0.1, -0.05) is 45.2 Å². The van der Waals surface area contributed by atoms with Crippen LogP contribution in [0.3, 0.4) is 0 Å². The molecule has 1 aromatic carbocycles. The van der Waals surface area contributed by atoms with E-state index in [1.165, 1.54) is 43.4 Å². The van der Waals surface area contributed by atoms with Crippen LogP contribution in [0.4, 0.5) is 5.13 Å². The van der Waals surface area contributed by atoms with Crippen molar-refractivity contribution in [3.8, 4) is 11.3 Å². The standard InChI is InChI=1S/C21H21BrCl2N2OS/c22-21-7-12-3-13(8-21)6-20(5-12,11-21)9-18(27)26-19-25-17(10-28-19)14-1-2-15(23)16(24)4-14/h1-2,4,10,12-13H,3,5-9,11H2,(H,25,26,27)/t12-,13-,20?,21?/m0/s1. The van der Waals surface area contributed by atoms with Crippen molar-refractivity contribution in [3.63, 3.8) is 0 Å². The van der Waals surface area contributed by atoms with Crippen LogP contribution >= 0.6 is 50.5 Å². The van der Waals surface area contributed by atoms with Crippen molar-refractivity contribution in [2.45, 2.75) is 49.3 Å². The summed E-state index contributed by atoms with van der Waals surface area (Å²) >= 11 is 17.6. The topological polar surface area (TPSA) is 42.0 Å². The van der Waals surface area contributed by atoms with E-state index in [0.29, 0.717) is 21.6 Å². The molecule has 4 bridgehead atoms. The van der Waals surface area contributed by atoms with E-state index in [0.717, 1.165) is 29.5 Å². The fraction of sp³-hybridized carbons (Fsp3) is 0.524. The van der Waals surface area contributed by atoms with Crippen LogP contribution in [0, 0.1) is 17.3 Å². The van der Waals surface area contributed by atoms with Crippen LogP contribution in [-0.4, -0.2) is 15.2 Å². The fourth-order valence-electron chi connectivity index (χ4n) is 6.17. The molecule has 1 heterocycles. The number of hydrogen-bond acceptors (Lipinski definition) is 3. The molecule has 2 aromatic rings. The number of rotatable bonds is 4. The van der Waals surface area contributed by atoms with Gasteiger partial charge < -0.3 is 5.32 Å². The SMILES string of the molecule is O=C(CC12C[C@@H]3C[C@H](CC(Br)(C3)C1)C2)Nc1nc(-c2ccc(Cl)c(Cl)c2)cs1. The lowest BCUT2D eigenvalue weighted by Gasteiger charge is -2.60. The van der Waals surface area contributed by atoms with Crippen molar-refractivity contribution in [2.24, 2.45) is 17.3 Å². The Morgan fingerprint density at radius 2 is 1.96 bits per heavy atom. The smallest absolute Gasteiger partial charge is 0.226 e. The quantitative estimate of drug-likeness (QED) is 0.452. The monoisotopic (exact) mass is 498 g/mol. The Hall–Kier alpha value is -0.620. The van der Waals surface area contributed by atoms with Crippen LogP contribution in [0.1, 0.15) is 44.9 Å². The minimum Gasteiger partial charge on any atom is -0.302 e. The number of benzene rings is 1. The second-order valence-electron chi connectivity index (χ2n) is 9.00. The van der Waals surface area contributed by atoms with Crippen molar-refractivity contribution < 1.29 is 4.79 Å². The summed E-state index contributed by atoms with van der Waals surface area (Å²) < 4.78 is 0.277. The molecule has 0 unspecified atom stereocenters. The molecule has 1 N–H and O–H groups in total. The number of amides is 1. The predicted octanol–water partition coefficient (Wildman–Crippen LogP) is 7.18.